The molecular weight excluding hydrogens is 224 g/mol. The van der Waals surface area contributed by atoms with Crippen LogP contribution in [-0.2, 0) is 11.2 Å². The van der Waals surface area contributed by atoms with Gasteiger partial charge in [-0.15, -0.1) is 0 Å². The van der Waals surface area contributed by atoms with E-state index in [1.54, 1.807) is 0 Å². The number of hydrogen-bond donors (Lipinski definition) is 2. The van der Waals surface area contributed by atoms with Gasteiger partial charge in [0.1, 0.15) is 0 Å². The third-order valence-electron chi connectivity index (χ3n) is 3.70. The summed E-state index contributed by atoms with van der Waals surface area (Å²) >= 11 is 0. The first-order chi connectivity index (χ1) is 8.75. The molecular formula is C15H22N2O. The highest BCUT2D eigenvalue weighted by atomic mass is 16.1. The quantitative estimate of drug-likeness (QED) is 0.806. The zero-order chi connectivity index (χ0) is 12.8. The van der Waals surface area contributed by atoms with E-state index >= 15 is 0 Å². The molecule has 0 radical (unpaired) electrons. The van der Waals surface area contributed by atoms with Crippen LogP contribution in [0.1, 0.15) is 37.7 Å². The highest BCUT2D eigenvalue weighted by Gasteiger charge is 2.22. The predicted octanol–water partition coefficient (Wildman–Crippen LogP) is 2.01. The van der Waals surface area contributed by atoms with E-state index in [9.17, 15) is 4.79 Å². The Balaban J connectivity index is 1.84. The molecule has 3 heteroatoms. The Labute approximate surface area is 109 Å². The van der Waals surface area contributed by atoms with Crippen molar-refractivity contribution in [2.24, 2.45) is 5.73 Å². The molecule has 0 spiro atoms. The zero-order valence-electron chi connectivity index (χ0n) is 10.8. The molecule has 18 heavy (non-hydrogen) atoms. The molecule has 1 atom stereocenters. The molecule has 0 bridgehead atoms. The Morgan fingerprint density at radius 2 is 1.94 bits per heavy atom. The van der Waals surface area contributed by atoms with Gasteiger partial charge < -0.3 is 11.1 Å². The van der Waals surface area contributed by atoms with E-state index in [-0.39, 0.29) is 11.9 Å². The lowest BCUT2D eigenvalue weighted by Crippen LogP contribution is -2.45. The van der Waals surface area contributed by atoms with Gasteiger partial charge in [0.25, 0.3) is 0 Å². The first-order valence-electron chi connectivity index (χ1n) is 6.85. The van der Waals surface area contributed by atoms with Crippen LogP contribution in [-0.4, -0.2) is 18.0 Å². The minimum Gasteiger partial charge on any atom is -0.368 e. The van der Waals surface area contributed by atoms with Crippen molar-refractivity contribution in [3.05, 3.63) is 35.9 Å². The normalized spacial score (nSPS) is 17.8. The number of carbonyl (C=O) groups is 1. The van der Waals surface area contributed by atoms with E-state index < -0.39 is 0 Å². The highest BCUT2D eigenvalue weighted by molar-refractivity contribution is 5.79. The molecule has 1 saturated carbocycles. The third kappa shape index (κ3) is 3.84. The van der Waals surface area contributed by atoms with Crippen LogP contribution in [0.25, 0.3) is 0 Å². The summed E-state index contributed by atoms with van der Waals surface area (Å²) in [5.41, 5.74) is 6.74. The first kappa shape index (κ1) is 13.1. The molecule has 2 rings (SSSR count). The SMILES string of the molecule is NC(=O)C(CCc1ccccc1)NC1CCCC1. The van der Waals surface area contributed by atoms with Crippen LogP contribution >= 0.6 is 0 Å². The number of hydrogen-bond acceptors (Lipinski definition) is 2. The van der Waals surface area contributed by atoms with Gasteiger partial charge in [0, 0.05) is 6.04 Å². The fraction of sp³-hybridized carbons (Fsp3) is 0.533. The lowest BCUT2D eigenvalue weighted by molar-refractivity contribution is -0.120. The van der Waals surface area contributed by atoms with Gasteiger partial charge in [-0.3, -0.25) is 4.79 Å². The topological polar surface area (TPSA) is 55.1 Å². The van der Waals surface area contributed by atoms with Crippen molar-refractivity contribution in [3.8, 4) is 0 Å². The standard InChI is InChI=1S/C15H22N2O/c16-15(18)14(17-13-8-4-5-9-13)11-10-12-6-2-1-3-7-12/h1-3,6-7,13-14,17H,4-5,8-11H2,(H2,16,18). The Bertz CT molecular complexity index is 371. The maximum absolute atomic E-state index is 11.5. The van der Waals surface area contributed by atoms with E-state index in [4.69, 9.17) is 5.73 Å². The van der Waals surface area contributed by atoms with Crippen LogP contribution in [0.3, 0.4) is 0 Å². The van der Waals surface area contributed by atoms with Crippen molar-refractivity contribution < 1.29 is 4.79 Å². The van der Waals surface area contributed by atoms with Gasteiger partial charge in [-0.2, -0.15) is 0 Å². The average Bonchev–Trinajstić information content (AvgIpc) is 2.88. The molecule has 0 aliphatic heterocycles. The van der Waals surface area contributed by atoms with Gasteiger partial charge in [0.2, 0.25) is 5.91 Å². The van der Waals surface area contributed by atoms with E-state index in [0.29, 0.717) is 6.04 Å². The molecule has 1 amide bonds. The molecule has 0 saturated heterocycles. The smallest absolute Gasteiger partial charge is 0.234 e. The average molecular weight is 246 g/mol. The number of aryl methyl sites for hydroxylation is 1. The van der Waals surface area contributed by atoms with Crippen molar-refractivity contribution in [1.82, 2.24) is 5.32 Å². The first-order valence-corrected chi connectivity index (χ1v) is 6.85. The molecule has 1 aliphatic carbocycles. The molecule has 1 unspecified atom stereocenters. The number of rotatable bonds is 6. The summed E-state index contributed by atoms with van der Waals surface area (Å²) in [4.78, 5) is 11.5. The Morgan fingerprint density at radius 1 is 1.28 bits per heavy atom. The molecule has 1 fully saturated rings. The summed E-state index contributed by atoms with van der Waals surface area (Å²) < 4.78 is 0. The van der Waals surface area contributed by atoms with Crippen molar-refractivity contribution in [1.29, 1.82) is 0 Å². The number of primary amides is 1. The molecule has 98 valence electrons. The Morgan fingerprint density at radius 3 is 2.56 bits per heavy atom. The van der Waals surface area contributed by atoms with Gasteiger partial charge in [-0.1, -0.05) is 43.2 Å². The number of amides is 1. The van der Waals surface area contributed by atoms with Crippen LogP contribution in [0, 0.1) is 0 Å². The van der Waals surface area contributed by atoms with E-state index in [1.807, 2.05) is 18.2 Å². The van der Waals surface area contributed by atoms with Crippen molar-refractivity contribution >= 4 is 5.91 Å². The Kier molecular flexibility index (Phi) is 4.76. The van der Waals surface area contributed by atoms with Crippen LogP contribution in [0.2, 0.25) is 0 Å². The third-order valence-corrected chi connectivity index (χ3v) is 3.70. The van der Waals surface area contributed by atoms with Gasteiger partial charge in [0.05, 0.1) is 6.04 Å². The zero-order valence-corrected chi connectivity index (χ0v) is 10.8. The number of carbonyl (C=O) groups excluding carboxylic acids is 1. The van der Waals surface area contributed by atoms with E-state index in [1.165, 1.54) is 31.2 Å². The lowest BCUT2D eigenvalue weighted by Gasteiger charge is -2.20. The van der Waals surface area contributed by atoms with Crippen LogP contribution in [0.15, 0.2) is 30.3 Å². The molecule has 1 aliphatic rings. The van der Waals surface area contributed by atoms with Gasteiger partial charge >= 0.3 is 0 Å². The maximum atomic E-state index is 11.5. The molecule has 1 aromatic carbocycles. The molecule has 3 N–H and O–H groups in total. The predicted molar refractivity (Wildman–Crippen MR) is 73.1 cm³/mol. The second-order valence-corrected chi connectivity index (χ2v) is 5.13. The van der Waals surface area contributed by atoms with Crippen LogP contribution in [0.5, 0.6) is 0 Å². The maximum Gasteiger partial charge on any atom is 0.234 e. The second-order valence-electron chi connectivity index (χ2n) is 5.13. The molecule has 0 heterocycles. The van der Waals surface area contributed by atoms with E-state index in [2.05, 4.69) is 17.4 Å². The van der Waals surface area contributed by atoms with Crippen LogP contribution < -0.4 is 11.1 Å². The summed E-state index contributed by atoms with van der Waals surface area (Å²) in [5, 5.41) is 3.41. The van der Waals surface area contributed by atoms with Crippen LogP contribution in [0.4, 0.5) is 0 Å². The number of nitrogens with two attached hydrogens (primary N) is 1. The monoisotopic (exact) mass is 246 g/mol. The molecule has 0 aromatic heterocycles. The largest absolute Gasteiger partial charge is 0.368 e. The highest BCUT2D eigenvalue weighted by Crippen LogP contribution is 2.18. The minimum absolute atomic E-state index is 0.187. The number of benzene rings is 1. The van der Waals surface area contributed by atoms with Gasteiger partial charge in [-0.25, -0.2) is 0 Å². The molecule has 1 aromatic rings. The summed E-state index contributed by atoms with van der Waals surface area (Å²) in [6.07, 6.45) is 6.57. The minimum atomic E-state index is -0.224. The summed E-state index contributed by atoms with van der Waals surface area (Å²) in [5.74, 6) is -0.224. The second kappa shape index (κ2) is 6.55. The fourth-order valence-corrected chi connectivity index (χ4v) is 2.64. The summed E-state index contributed by atoms with van der Waals surface area (Å²) in [6, 6.07) is 10.5. The van der Waals surface area contributed by atoms with Gasteiger partial charge in [-0.05, 0) is 31.2 Å². The lowest BCUT2D eigenvalue weighted by atomic mass is 10.0. The summed E-state index contributed by atoms with van der Waals surface area (Å²) in [7, 11) is 0. The van der Waals surface area contributed by atoms with Crippen molar-refractivity contribution in [3.63, 3.8) is 0 Å². The van der Waals surface area contributed by atoms with Crippen molar-refractivity contribution in [2.75, 3.05) is 0 Å². The summed E-state index contributed by atoms with van der Waals surface area (Å²) in [6.45, 7) is 0. The number of nitrogens with one attached hydrogen (secondary N) is 1. The van der Waals surface area contributed by atoms with Crippen molar-refractivity contribution in [2.45, 2.75) is 50.6 Å². The Hall–Kier alpha value is -1.35. The molecule has 3 nitrogen and oxygen atoms in total. The van der Waals surface area contributed by atoms with Gasteiger partial charge in [0.15, 0.2) is 0 Å². The van der Waals surface area contributed by atoms with E-state index in [0.717, 1.165) is 12.8 Å². The fourth-order valence-electron chi connectivity index (χ4n) is 2.64.